The Balaban J connectivity index is 2.14. The van der Waals surface area contributed by atoms with Gasteiger partial charge in [0.25, 0.3) is 0 Å². The number of nitrogens with zero attached hydrogens (tertiary/aromatic N) is 3. The van der Waals surface area contributed by atoms with E-state index in [-0.39, 0.29) is 0 Å². The monoisotopic (exact) mass is 262 g/mol. The molecule has 2 N–H and O–H groups in total. The van der Waals surface area contributed by atoms with Crippen LogP contribution in [-0.2, 0) is 13.0 Å². The van der Waals surface area contributed by atoms with Crippen molar-refractivity contribution in [3.05, 3.63) is 35.7 Å². The zero-order valence-electron chi connectivity index (χ0n) is 10.8. The van der Waals surface area contributed by atoms with Gasteiger partial charge in [0.15, 0.2) is 0 Å². The molecule has 0 aliphatic rings. The van der Waals surface area contributed by atoms with Gasteiger partial charge in [0.2, 0.25) is 5.13 Å². The lowest BCUT2D eigenvalue weighted by Crippen LogP contribution is -2.21. The van der Waals surface area contributed by atoms with Crippen molar-refractivity contribution in [1.29, 1.82) is 0 Å². The summed E-state index contributed by atoms with van der Waals surface area (Å²) in [5.74, 6) is 0.918. The van der Waals surface area contributed by atoms with Crippen LogP contribution >= 0.6 is 11.5 Å². The van der Waals surface area contributed by atoms with E-state index < -0.39 is 0 Å². The van der Waals surface area contributed by atoms with Gasteiger partial charge in [-0.05, 0) is 24.6 Å². The minimum atomic E-state index is 0.801. The Morgan fingerprint density at radius 1 is 1.33 bits per heavy atom. The highest BCUT2D eigenvalue weighted by molar-refractivity contribution is 7.09. The van der Waals surface area contributed by atoms with Crippen molar-refractivity contribution in [1.82, 2.24) is 9.36 Å². The summed E-state index contributed by atoms with van der Waals surface area (Å²) in [7, 11) is 0. The smallest absolute Gasteiger partial charge is 0.205 e. The Kier molecular flexibility index (Phi) is 4.15. The first-order chi connectivity index (χ1) is 8.72. The Bertz CT molecular complexity index is 509. The second-order valence-corrected chi connectivity index (χ2v) is 4.84. The third kappa shape index (κ3) is 2.98. The first kappa shape index (κ1) is 12.8. The number of benzene rings is 1. The van der Waals surface area contributed by atoms with Gasteiger partial charge in [-0.3, -0.25) is 0 Å². The van der Waals surface area contributed by atoms with E-state index in [4.69, 9.17) is 5.73 Å². The maximum absolute atomic E-state index is 5.80. The molecule has 0 radical (unpaired) electrons. The second kappa shape index (κ2) is 5.82. The van der Waals surface area contributed by atoms with E-state index in [1.54, 1.807) is 0 Å². The van der Waals surface area contributed by atoms with Gasteiger partial charge < -0.3 is 10.6 Å². The van der Waals surface area contributed by atoms with E-state index in [0.29, 0.717) is 0 Å². The van der Waals surface area contributed by atoms with Crippen molar-refractivity contribution < 1.29 is 0 Å². The Hall–Kier alpha value is -1.62. The normalized spacial score (nSPS) is 10.6. The first-order valence-electron chi connectivity index (χ1n) is 6.14. The van der Waals surface area contributed by atoms with Crippen LogP contribution in [0.3, 0.4) is 0 Å². The topological polar surface area (TPSA) is 55.0 Å². The molecule has 0 aliphatic carbocycles. The van der Waals surface area contributed by atoms with Crippen LogP contribution < -0.4 is 10.6 Å². The molecule has 4 nitrogen and oxygen atoms in total. The summed E-state index contributed by atoms with van der Waals surface area (Å²) >= 11 is 1.46. The van der Waals surface area contributed by atoms with Crippen molar-refractivity contribution in [3.8, 4) is 0 Å². The fourth-order valence-electron chi connectivity index (χ4n) is 1.74. The molecule has 1 aromatic carbocycles. The van der Waals surface area contributed by atoms with Gasteiger partial charge in [0.05, 0.1) is 0 Å². The Morgan fingerprint density at radius 3 is 2.78 bits per heavy atom. The number of nitrogen functional groups attached to an aromatic ring is 1. The summed E-state index contributed by atoms with van der Waals surface area (Å²) in [4.78, 5) is 6.73. The molecule has 96 valence electrons. The van der Waals surface area contributed by atoms with Gasteiger partial charge in [-0.1, -0.05) is 19.1 Å². The maximum atomic E-state index is 5.80. The molecule has 0 atom stereocenters. The molecule has 0 aliphatic heterocycles. The summed E-state index contributed by atoms with van der Waals surface area (Å²) in [6.45, 7) is 5.92. The minimum absolute atomic E-state index is 0.801. The molecule has 0 spiro atoms. The van der Waals surface area contributed by atoms with Crippen molar-refractivity contribution >= 4 is 22.4 Å². The molecule has 0 saturated heterocycles. The molecular formula is C13H18N4S. The molecule has 18 heavy (non-hydrogen) atoms. The summed E-state index contributed by atoms with van der Waals surface area (Å²) in [6, 6.07) is 7.97. The molecule has 2 aromatic rings. The lowest BCUT2D eigenvalue weighted by atomic mass is 10.2. The second-order valence-electron chi connectivity index (χ2n) is 4.11. The predicted octanol–water partition coefficient (Wildman–Crippen LogP) is 2.71. The first-order valence-corrected chi connectivity index (χ1v) is 6.92. The van der Waals surface area contributed by atoms with Gasteiger partial charge in [-0.25, -0.2) is 4.98 Å². The Morgan fingerprint density at radius 2 is 2.17 bits per heavy atom. The number of nitrogens with two attached hydrogens (primary N) is 1. The van der Waals surface area contributed by atoms with Gasteiger partial charge in [-0.2, -0.15) is 4.37 Å². The van der Waals surface area contributed by atoms with Crippen LogP contribution in [0.2, 0.25) is 0 Å². The van der Waals surface area contributed by atoms with Crippen LogP contribution in [0.15, 0.2) is 24.3 Å². The summed E-state index contributed by atoms with van der Waals surface area (Å²) < 4.78 is 4.33. The lowest BCUT2D eigenvalue weighted by Gasteiger charge is -2.19. The fraction of sp³-hybridized carbons (Fsp3) is 0.385. The van der Waals surface area contributed by atoms with Gasteiger partial charge in [0, 0.05) is 36.7 Å². The van der Waals surface area contributed by atoms with E-state index in [1.165, 1.54) is 17.1 Å². The molecule has 0 saturated carbocycles. The van der Waals surface area contributed by atoms with Crippen LogP contribution in [-0.4, -0.2) is 15.9 Å². The van der Waals surface area contributed by atoms with Crippen LogP contribution in [0.5, 0.6) is 0 Å². The molecule has 5 heteroatoms. The molecule has 1 aromatic heterocycles. The van der Waals surface area contributed by atoms with E-state index in [1.807, 2.05) is 18.2 Å². The molecule has 1 heterocycles. The Labute approximate surface area is 112 Å². The summed E-state index contributed by atoms with van der Waals surface area (Å²) in [6.07, 6.45) is 0.881. The zero-order chi connectivity index (χ0) is 13.0. The predicted molar refractivity (Wildman–Crippen MR) is 76.9 cm³/mol. The van der Waals surface area contributed by atoms with Crippen LogP contribution in [0.1, 0.15) is 25.2 Å². The van der Waals surface area contributed by atoms with Crippen molar-refractivity contribution in [2.24, 2.45) is 0 Å². The van der Waals surface area contributed by atoms with Gasteiger partial charge in [-0.15, -0.1) is 0 Å². The highest BCUT2D eigenvalue weighted by Crippen LogP contribution is 2.20. The maximum Gasteiger partial charge on any atom is 0.205 e. The number of anilines is 2. The quantitative estimate of drug-likeness (QED) is 0.842. The van der Waals surface area contributed by atoms with Crippen LogP contribution in [0.25, 0.3) is 0 Å². The van der Waals surface area contributed by atoms with E-state index >= 15 is 0 Å². The van der Waals surface area contributed by atoms with Gasteiger partial charge >= 0.3 is 0 Å². The highest BCUT2D eigenvalue weighted by atomic mass is 32.1. The molecule has 0 bridgehead atoms. The summed E-state index contributed by atoms with van der Waals surface area (Å²) in [5.41, 5.74) is 7.80. The number of hydrogen-bond donors (Lipinski definition) is 1. The van der Waals surface area contributed by atoms with Crippen molar-refractivity contribution in [2.75, 3.05) is 17.2 Å². The summed E-state index contributed by atoms with van der Waals surface area (Å²) in [5, 5.41) is 0.983. The SMILES string of the molecule is CCc1nsc(N(CC)Cc2cccc(N)c2)n1. The molecule has 2 rings (SSSR count). The van der Waals surface area contributed by atoms with Crippen molar-refractivity contribution in [3.63, 3.8) is 0 Å². The minimum Gasteiger partial charge on any atom is -0.399 e. The number of rotatable bonds is 5. The third-order valence-corrected chi connectivity index (χ3v) is 3.57. The van der Waals surface area contributed by atoms with E-state index in [0.717, 1.165) is 36.2 Å². The number of hydrogen-bond acceptors (Lipinski definition) is 5. The number of aromatic nitrogens is 2. The van der Waals surface area contributed by atoms with Crippen LogP contribution in [0.4, 0.5) is 10.8 Å². The molecule has 0 fully saturated rings. The van der Waals surface area contributed by atoms with Crippen LogP contribution in [0, 0.1) is 0 Å². The average molecular weight is 262 g/mol. The largest absolute Gasteiger partial charge is 0.399 e. The zero-order valence-corrected chi connectivity index (χ0v) is 11.6. The average Bonchev–Trinajstić information content (AvgIpc) is 2.84. The molecule has 0 unspecified atom stereocenters. The molecule has 0 amide bonds. The van der Waals surface area contributed by atoms with Gasteiger partial charge in [0.1, 0.15) is 5.82 Å². The number of aryl methyl sites for hydroxylation is 1. The van der Waals surface area contributed by atoms with Crippen molar-refractivity contribution in [2.45, 2.75) is 26.8 Å². The highest BCUT2D eigenvalue weighted by Gasteiger charge is 2.10. The molecular weight excluding hydrogens is 244 g/mol. The van der Waals surface area contributed by atoms with E-state index in [2.05, 4.69) is 34.2 Å². The van der Waals surface area contributed by atoms with E-state index in [9.17, 15) is 0 Å². The lowest BCUT2D eigenvalue weighted by molar-refractivity contribution is 0.820. The third-order valence-electron chi connectivity index (χ3n) is 2.75. The standard InChI is InChI=1S/C13H18N4S/c1-3-12-15-13(18-16-12)17(4-2)9-10-6-5-7-11(14)8-10/h5-8H,3-4,9,14H2,1-2H3. The fourth-order valence-corrected chi connectivity index (χ4v) is 2.56.